The topological polar surface area (TPSA) is 66.2 Å². The van der Waals surface area contributed by atoms with E-state index in [-0.39, 0.29) is 17.4 Å². The summed E-state index contributed by atoms with van der Waals surface area (Å²) in [6.45, 7) is 0. The molecule has 3 aromatic heterocycles. The summed E-state index contributed by atoms with van der Waals surface area (Å²) in [6, 6.07) is 6.63. The molecule has 0 atom stereocenters. The molecule has 150 valence electrons. The van der Waals surface area contributed by atoms with Gasteiger partial charge in [0.1, 0.15) is 5.82 Å². The van der Waals surface area contributed by atoms with Crippen LogP contribution >= 0.6 is 0 Å². The number of imidazole rings is 2. The van der Waals surface area contributed by atoms with Gasteiger partial charge in [-0.05, 0) is 42.7 Å². The van der Waals surface area contributed by atoms with E-state index in [2.05, 4.69) is 4.57 Å². The average molecular weight is 395 g/mol. The summed E-state index contributed by atoms with van der Waals surface area (Å²) < 4.78 is 19.9. The molecule has 0 spiro atoms. The van der Waals surface area contributed by atoms with E-state index in [1.165, 1.54) is 30.2 Å². The number of fused-ring (bicyclic) bond motifs is 3. The van der Waals surface area contributed by atoms with Crippen molar-refractivity contribution in [3.8, 4) is 11.3 Å². The van der Waals surface area contributed by atoms with E-state index in [4.69, 9.17) is 4.98 Å². The predicted octanol–water partition coefficient (Wildman–Crippen LogP) is 3.00. The highest BCUT2D eigenvalue weighted by Gasteiger charge is 2.25. The zero-order valence-corrected chi connectivity index (χ0v) is 16.4. The van der Waals surface area contributed by atoms with Gasteiger partial charge in [0.05, 0.1) is 5.69 Å². The van der Waals surface area contributed by atoms with Gasteiger partial charge in [-0.1, -0.05) is 19.3 Å². The molecule has 1 aromatic carbocycles. The highest BCUT2D eigenvalue weighted by Crippen LogP contribution is 2.35. The van der Waals surface area contributed by atoms with Crippen LogP contribution in [0.3, 0.4) is 0 Å². The van der Waals surface area contributed by atoms with E-state index in [1.807, 2.05) is 6.20 Å². The number of aryl methyl sites for hydroxylation is 1. The lowest BCUT2D eigenvalue weighted by molar-refractivity contribution is 0.361. The monoisotopic (exact) mass is 395 g/mol. The molecule has 1 aliphatic carbocycles. The van der Waals surface area contributed by atoms with Crippen molar-refractivity contribution in [2.75, 3.05) is 0 Å². The zero-order valence-electron chi connectivity index (χ0n) is 16.4. The number of hydrogen-bond donors (Lipinski definition) is 0. The van der Waals surface area contributed by atoms with Crippen LogP contribution in [0.4, 0.5) is 4.39 Å². The quantitative estimate of drug-likeness (QED) is 0.524. The van der Waals surface area contributed by atoms with Crippen LogP contribution in [0.1, 0.15) is 38.1 Å². The first kappa shape index (κ1) is 17.9. The van der Waals surface area contributed by atoms with Gasteiger partial charge >= 0.3 is 5.69 Å². The lowest BCUT2D eigenvalue weighted by atomic mass is 9.95. The molecule has 8 heteroatoms. The fourth-order valence-electron chi connectivity index (χ4n) is 4.52. The van der Waals surface area contributed by atoms with Gasteiger partial charge in [0, 0.05) is 26.3 Å². The first-order valence-electron chi connectivity index (χ1n) is 9.92. The minimum absolute atomic E-state index is 0.249. The Morgan fingerprint density at radius 3 is 2.38 bits per heavy atom. The Kier molecular flexibility index (Phi) is 3.97. The van der Waals surface area contributed by atoms with Gasteiger partial charge in [-0.15, -0.1) is 0 Å². The van der Waals surface area contributed by atoms with Crippen LogP contribution in [0.5, 0.6) is 0 Å². The summed E-state index contributed by atoms with van der Waals surface area (Å²) in [7, 11) is 3.10. The Bertz CT molecular complexity index is 1350. The summed E-state index contributed by atoms with van der Waals surface area (Å²) in [5, 5.41) is 0. The van der Waals surface area contributed by atoms with Crippen LogP contribution in [0.15, 0.2) is 40.1 Å². The number of rotatable bonds is 2. The Balaban J connectivity index is 1.88. The smallest absolute Gasteiger partial charge is 0.306 e. The molecule has 3 heterocycles. The van der Waals surface area contributed by atoms with Gasteiger partial charge in [-0.2, -0.15) is 4.98 Å². The largest absolute Gasteiger partial charge is 0.332 e. The van der Waals surface area contributed by atoms with Crippen LogP contribution in [0, 0.1) is 5.82 Å². The third-order valence-electron chi connectivity index (χ3n) is 6.08. The highest BCUT2D eigenvalue weighted by atomic mass is 19.1. The molecule has 7 nitrogen and oxygen atoms in total. The third kappa shape index (κ3) is 2.58. The van der Waals surface area contributed by atoms with Crippen molar-refractivity contribution >= 4 is 16.9 Å². The van der Waals surface area contributed by atoms with Crippen molar-refractivity contribution in [2.45, 2.75) is 38.1 Å². The molecule has 0 radical (unpaired) electrons. The molecule has 0 saturated heterocycles. The predicted molar refractivity (Wildman–Crippen MR) is 109 cm³/mol. The fraction of sp³-hybridized carbons (Fsp3) is 0.381. The van der Waals surface area contributed by atoms with E-state index >= 15 is 0 Å². The molecule has 1 saturated carbocycles. The lowest BCUT2D eigenvalue weighted by Gasteiger charge is -2.25. The molecule has 0 N–H and O–H groups in total. The maximum atomic E-state index is 13.5. The van der Waals surface area contributed by atoms with Crippen molar-refractivity contribution < 1.29 is 4.39 Å². The van der Waals surface area contributed by atoms with Gasteiger partial charge in [0.2, 0.25) is 5.78 Å². The van der Waals surface area contributed by atoms with Crippen molar-refractivity contribution in [3.63, 3.8) is 0 Å². The molecule has 0 aliphatic heterocycles. The van der Waals surface area contributed by atoms with Crippen LogP contribution < -0.4 is 11.2 Å². The van der Waals surface area contributed by atoms with Crippen molar-refractivity contribution in [1.82, 2.24) is 23.1 Å². The minimum Gasteiger partial charge on any atom is -0.306 e. The Labute approximate surface area is 165 Å². The van der Waals surface area contributed by atoms with Crippen LogP contribution in [-0.4, -0.2) is 23.1 Å². The molecule has 5 rings (SSSR count). The molecule has 4 aromatic rings. The summed E-state index contributed by atoms with van der Waals surface area (Å²) in [4.78, 5) is 29.9. The zero-order chi connectivity index (χ0) is 20.3. The summed E-state index contributed by atoms with van der Waals surface area (Å²) in [6.07, 6.45) is 7.43. The first-order valence-corrected chi connectivity index (χ1v) is 9.92. The second-order valence-corrected chi connectivity index (χ2v) is 7.84. The van der Waals surface area contributed by atoms with Crippen LogP contribution in [0.25, 0.3) is 28.2 Å². The molecule has 0 unspecified atom stereocenters. The summed E-state index contributed by atoms with van der Waals surface area (Å²) in [5.74, 6) is 0.355. The van der Waals surface area contributed by atoms with Crippen molar-refractivity contribution in [2.24, 2.45) is 14.1 Å². The number of aromatic nitrogens is 5. The number of halogens is 1. The van der Waals surface area contributed by atoms with Gasteiger partial charge in [0.15, 0.2) is 11.2 Å². The average Bonchev–Trinajstić information content (AvgIpc) is 3.28. The number of benzene rings is 1. The van der Waals surface area contributed by atoms with E-state index in [9.17, 15) is 14.0 Å². The second kappa shape index (κ2) is 6.43. The Morgan fingerprint density at radius 2 is 1.69 bits per heavy atom. The molecule has 0 amide bonds. The fourth-order valence-corrected chi connectivity index (χ4v) is 4.52. The van der Waals surface area contributed by atoms with E-state index in [0.717, 1.165) is 41.5 Å². The molecule has 29 heavy (non-hydrogen) atoms. The Morgan fingerprint density at radius 1 is 1.00 bits per heavy atom. The maximum Gasteiger partial charge on any atom is 0.332 e. The molecular formula is C21H22FN5O2. The minimum atomic E-state index is -0.397. The first-order chi connectivity index (χ1) is 14.0. The molecule has 1 fully saturated rings. The summed E-state index contributed by atoms with van der Waals surface area (Å²) in [5.41, 5.74) is 1.76. The standard InChI is InChI=1S/C21H22FN5O2/c1-24-18-17(19(28)25(2)21(24)29)26-12-16(13-8-10-14(22)11-9-13)27(20(26)23-18)15-6-4-3-5-7-15/h8-12,15H,3-7H2,1-2H3. The van der Waals surface area contributed by atoms with Gasteiger partial charge < -0.3 is 4.57 Å². The second-order valence-electron chi connectivity index (χ2n) is 7.84. The van der Waals surface area contributed by atoms with E-state index in [0.29, 0.717) is 16.9 Å². The van der Waals surface area contributed by atoms with Crippen molar-refractivity contribution in [1.29, 1.82) is 0 Å². The highest BCUT2D eigenvalue weighted by molar-refractivity contribution is 5.78. The van der Waals surface area contributed by atoms with Crippen molar-refractivity contribution in [3.05, 3.63) is 57.1 Å². The maximum absolute atomic E-state index is 13.5. The molecule has 0 bridgehead atoms. The lowest BCUT2D eigenvalue weighted by Crippen LogP contribution is -2.37. The van der Waals surface area contributed by atoms with Gasteiger partial charge in [0.25, 0.3) is 5.56 Å². The SMILES string of the molecule is Cn1c(=O)c2c(nc3n(C4CCCCC4)c(-c4ccc(F)cc4)cn23)n(C)c1=O. The van der Waals surface area contributed by atoms with Crippen LogP contribution in [0.2, 0.25) is 0 Å². The van der Waals surface area contributed by atoms with E-state index in [1.54, 1.807) is 23.6 Å². The van der Waals surface area contributed by atoms with Gasteiger partial charge in [-0.25, -0.2) is 9.18 Å². The molecular weight excluding hydrogens is 373 g/mol. The third-order valence-corrected chi connectivity index (χ3v) is 6.08. The number of hydrogen-bond acceptors (Lipinski definition) is 3. The van der Waals surface area contributed by atoms with E-state index < -0.39 is 5.69 Å². The normalized spacial score (nSPS) is 15.6. The molecule has 1 aliphatic rings. The number of nitrogens with zero attached hydrogens (tertiary/aromatic N) is 5. The Hall–Kier alpha value is -3.16. The van der Waals surface area contributed by atoms with Gasteiger partial charge in [-0.3, -0.25) is 18.3 Å². The van der Waals surface area contributed by atoms with Crippen LogP contribution in [-0.2, 0) is 14.1 Å². The summed E-state index contributed by atoms with van der Waals surface area (Å²) >= 11 is 0.